The van der Waals surface area contributed by atoms with Crippen molar-refractivity contribution in [3.05, 3.63) is 27.5 Å². The van der Waals surface area contributed by atoms with Gasteiger partial charge in [-0.1, -0.05) is 0 Å². The van der Waals surface area contributed by atoms with Crippen molar-refractivity contribution in [3.8, 4) is 6.07 Å². The first-order valence-corrected chi connectivity index (χ1v) is 3.49. The molecule has 0 aliphatic heterocycles. The zero-order valence-electron chi connectivity index (χ0n) is 7.02. The van der Waals surface area contributed by atoms with Gasteiger partial charge >= 0.3 is 0 Å². The number of carbonyl (C=O) groups excluding carboxylic acids is 1. The molecule has 72 valence electrons. The highest BCUT2D eigenvalue weighted by Gasteiger charge is 2.13. The summed E-state index contributed by atoms with van der Waals surface area (Å²) in [7, 11) is 0. The van der Waals surface area contributed by atoms with Gasteiger partial charge in [0.25, 0.3) is 11.5 Å². The summed E-state index contributed by atoms with van der Waals surface area (Å²) in [6.45, 7) is 0. The fraction of sp³-hybridized carbons (Fsp3) is 0. The minimum absolute atomic E-state index is 0.149. The largest absolute Gasteiger partial charge is 0.383 e. The van der Waals surface area contributed by atoms with Gasteiger partial charge in [-0.05, 0) is 6.07 Å². The number of hydrogen-bond donors (Lipinski definition) is 3. The van der Waals surface area contributed by atoms with E-state index in [9.17, 15) is 9.59 Å². The van der Waals surface area contributed by atoms with Gasteiger partial charge in [0.05, 0.1) is 5.56 Å². The smallest absolute Gasteiger partial charge is 0.288 e. The Labute approximate surface area is 78.3 Å². The SMILES string of the molecule is N#Cc1cc(C(N)=O)c(N)n(N)c1=O. The molecular formula is C7H7N5O2. The maximum absolute atomic E-state index is 11.2. The molecule has 0 aliphatic rings. The summed E-state index contributed by atoms with van der Waals surface area (Å²) < 4.78 is 0.513. The third kappa shape index (κ3) is 1.25. The number of pyridine rings is 1. The summed E-state index contributed by atoms with van der Waals surface area (Å²) in [5, 5.41) is 8.53. The number of nitriles is 1. The van der Waals surface area contributed by atoms with Crippen molar-refractivity contribution < 1.29 is 4.79 Å². The summed E-state index contributed by atoms with van der Waals surface area (Å²) in [6, 6.07) is 2.60. The van der Waals surface area contributed by atoms with Crippen LogP contribution in [0.15, 0.2) is 10.9 Å². The van der Waals surface area contributed by atoms with Gasteiger partial charge in [0, 0.05) is 0 Å². The molecule has 0 radical (unpaired) electrons. The maximum atomic E-state index is 11.2. The zero-order valence-corrected chi connectivity index (χ0v) is 7.02. The van der Waals surface area contributed by atoms with Crippen LogP contribution in [-0.4, -0.2) is 10.6 Å². The third-order valence-corrected chi connectivity index (χ3v) is 1.66. The molecule has 1 rings (SSSR count). The number of nitrogens with two attached hydrogens (primary N) is 3. The van der Waals surface area contributed by atoms with Crippen LogP contribution in [-0.2, 0) is 0 Å². The lowest BCUT2D eigenvalue weighted by Gasteiger charge is -2.06. The number of amides is 1. The van der Waals surface area contributed by atoms with E-state index >= 15 is 0 Å². The molecule has 7 nitrogen and oxygen atoms in total. The maximum Gasteiger partial charge on any atom is 0.288 e. The van der Waals surface area contributed by atoms with E-state index in [1.54, 1.807) is 6.07 Å². The quantitative estimate of drug-likeness (QED) is 0.447. The molecule has 0 aromatic carbocycles. The van der Waals surface area contributed by atoms with E-state index in [0.29, 0.717) is 4.68 Å². The molecule has 0 saturated carbocycles. The normalized spacial score (nSPS) is 9.36. The summed E-state index contributed by atoms with van der Waals surface area (Å²) in [5.74, 6) is 4.11. The lowest BCUT2D eigenvalue weighted by Crippen LogP contribution is -2.34. The molecule has 0 spiro atoms. The van der Waals surface area contributed by atoms with E-state index in [1.165, 1.54) is 0 Å². The topological polar surface area (TPSA) is 141 Å². The lowest BCUT2D eigenvalue weighted by atomic mass is 10.2. The van der Waals surface area contributed by atoms with Crippen molar-refractivity contribution >= 4 is 11.7 Å². The van der Waals surface area contributed by atoms with E-state index in [1.807, 2.05) is 0 Å². The Hall–Kier alpha value is -2.49. The number of nitrogens with zero attached hydrogens (tertiary/aromatic N) is 2. The van der Waals surface area contributed by atoms with Crippen molar-refractivity contribution in [2.75, 3.05) is 11.6 Å². The fourth-order valence-electron chi connectivity index (χ4n) is 0.926. The highest BCUT2D eigenvalue weighted by atomic mass is 16.1. The summed E-state index contributed by atoms with van der Waals surface area (Å²) in [4.78, 5) is 22.0. The van der Waals surface area contributed by atoms with E-state index in [2.05, 4.69) is 0 Å². The predicted molar refractivity (Wildman–Crippen MR) is 48.5 cm³/mol. The Kier molecular flexibility index (Phi) is 2.13. The molecule has 6 N–H and O–H groups in total. The van der Waals surface area contributed by atoms with Crippen LogP contribution < -0.4 is 22.9 Å². The molecule has 0 aliphatic carbocycles. The van der Waals surface area contributed by atoms with Gasteiger partial charge < -0.3 is 17.3 Å². The van der Waals surface area contributed by atoms with Gasteiger partial charge in [-0.25, -0.2) is 4.68 Å². The highest BCUT2D eigenvalue weighted by molar-refractivity contribution is 5.97. The second-order valence-electron chi connectivity index (χ2n) is 2.51. The second kappa shape index (κ2) is 3.10. The minimum atomic E-state index is -0.849. The first kappa shape index (κ1) is 9.60. The number of anilines is 1. The summed E-state index contributed by atoms with van der Waals surface area (Å²) >= 11 is 0. The number of aromatic nitrogens is 1. The third-order valence-electron chi connectivity index (χ3n) is 1.66. The van der Waals surface area contributed by atoms with Gasteiger partial charge in [0.2, 0.25) is 0 Å². The average molecular weight is 193 g/mol. The van der Waals surface area contributed by atoms with E-state index in [4.69, 9.17) is 22.6 Å². The van der Waals surface area contributed by atoms with Crippen LogP contribution in [0.5, 0.6) is 0 Å². The lowest BCUT2D eigenvalue weighted by molar-refractivity contribution is 0.100. The molecule has 14 heavy (non-hydrogen) atoms. The number of carbonyl (C=O) groups is 1. The summed E-state index contributed by atoms with van der Waals surface area (Å²) in [5.41, 5.74) is 9.09. The fourth-order valence-corrected chi connectivity index (χ4v) is 0.926. The predicted octanol–water partition coefficient (Wildman–Crippen LogP) is -1.89. The Bertz CT molecular complexity index is 496. The van der Waals surface area contributed by atoms with Crippen LogP contribution in [0.2, 0.25) is 0 Å². The molecule has 0 fully saturated rings. The van der Waals surface area contributed by atoms with E-state index in [0.717, 1.165) is 6.07 Å². The number of nitrogen functional groups attached to an aromatic ring is 2. The van der Waals surface area contributed by atoms with Crippen molar-refractivity contribution in [3.63, 3.8) is 0 Å². The van der Waals surface area contributed by atoms with Crippen LogP contribution in [0.25, 0.3) is 0 Å². The molecule has 1 aromatic heterocycles. The zero-order chi connectivity index (χ0) is 10.9. The molecule has 0 unspecified atom stereocenters. The molecule has 1 heterocycles. The van der Waals surface area contributed by atoms with Crippen LogP contribution in [0.1, 0.15) is 15.9 Å². The van der Waals surface area contributed by atoms with Crippen molar-refractivity contribution in [1.29, 1.82) is 5.26 Å². The Morgan fingerprint density at radius 3 is 2.57 bits per heavy atom. The number of rotatable bonds is 1. The Morgan fingerprint density at radius 1 is 1.57 bits per heavy atom. The van der Waals surface area contributed by atoms with Gasteiger partial charge in [-0.15, -0.1) is 0 Å². The van der Waals surface area contributed by atoms with Crippen LogP contribution in [0.3, 0.4) is 0 Å². The molecule has 7 heteroatoms. The van der Waals surface area contributed by atoms with Gasteiger partial charge in [0.15, 0.2) is 0 Å². The highest BCUT2D eigenvalue weighted by Crippen LogP contribution is 2.07. The molecule has 1 aromatic rings. The minimum Gasteiger partial charge on any atom is -0.383 e. The number of hydrogen-bond acceptors (Lipinski definition) is 5. The Balaban J connectivity index is 3.68. The average Bonchev–Trinajstić information content (AvgIpc) is 2.14. The molecule has 0 atom stereocenters. The van der Waals surface area contributed by atoms with Crippen LogP contribution >= 0.6 is 0 Å². The molecule has 0 saturated heterocycles. The van der Waals surface area contributed by atoms with Gasteiger partial charge in [0.1, 0.15) is 17.5 Å². The van der Waals surface area contributed by atoms with Crippen LogP contribution in [0.4, 0.5) is 5.82 Å². The van der Waals surface area contributed by atoms with Crippen molar-refractivity contribution in [2.24, 2.45) is 5.73 Å². The van der Waals surface area contributed by atoms with Crippen LogP contribution in [0, 0.1) is 11.3 Å². The second-order valence-corrected chi connectivity index (χ2v) is 2.51. The van der Waals surface area contributed by atoms with Gasteiger partial charge in [-0.3, -0.25) is 9.59 Å². The number of primary amides is 1. The van der Waals surface area contributed by atoms with E-state index < -0.39 is 11.5 Å². The van der Waals surface area contributed by atoms with Crippen molar-refractivity contribution in [1.82, 2.24) is 4.68 Å². The van der Waals surface area contributed by atoms with E-state index in [-0.39, 0.29) is 16.9 Å². The summed E-state index contributed by atoms with van der Waals surface area (Å²) in [6.07, 6.45) is 0. The molecular weight excluding hydrogens is 186 g/mol. The first-order chi connectivity index (χ1) is 6.49. The van der Waals surface area contributed by atoms with Crippen molar-refractivity contribution in [2.45, 2.75) is 0 Å². The molecule has 0 bridgehead atoms. The van der Waals surface area contributed by atoms with Gasteiger partial charge in [-0.2, -0.15) is 5.26 Å². The molecule has 1 amide bonds. The first-order valence-electron chi connectivity index (χ1n) is 3.49. The standard InChI is InChI=1S/C7H7N5O2/c8-2-3-1-4(6(10)13)5(9)12(11)7(3)14/h1H,9,11H2,(H2,10,13). The Morgan fingerprint density at radius 2 is 2.14 bits per heavy atom. The monoisotopic (exact) mass is 193 g/mol.